The zero-order valence-electron chi connectivity index (χ0n) is 10.3. The third-order valence-electron chi connectivity index (χ3n) is 3.37. The van der Waals surface area contributed by atoms with Gasteiger partial charge in [0.2, 0.25) is 5.91 Å². The summed E-state index contributed by atoms with van der Waals surface area (Å²) in [4.78, 5) is 14.0. The Labute approximate surface area is 116 Å². The number of nitrogens with zero attached hydrogens (tertiary/aromatic N) is 1. The zero-order valence-corrected chi connectivity index (χ0v) is 11.9. The Kier molecular flexibility index (Phi) is 8.12. The van der Waals surface area contributed by atoms with Gasteiger partial charge in [0.1, 0.15) is 0 Å². The van der Waals surface area contributed by atoms with Gasteiger partial charge in [0.15, 0.2) is 0 Å². The first-order valence-electron chi connectivity index (χ1n) is 5.96. The lowest BCUT2D eigenvalue weighted by Crippen LogP contribution is -2.37. The molecule has 1 saturated heterocycles. The molecule has 0 aromatic rings. The summed E-state index contributed by atoms with van der Waals surface area (Å²) < 4.78 is 0. The van der Waals surface area contributed by atoms with Crippen molar-refractivity contribution in [2.24, 2.45) is 5.92 Å². The standard InChI is InChI=1S/C11H21N3O.2ClH/c1-14(10-2-3-10)7-6-13-11(15)9-4-5-12-8-9;;/h9-10,12H,2-8H2,1H3,(H,13,15);2*1H. The quantitative estimate of drug-likeness (QED) is 0.779. The average Bonchev–Trinajstić information content (AvgIpc) is 2.93. The zero-order chi connectivity index (χ0) is 10.7. The van der Waals surface area contributed by atoms with Crippen molar-refractivity contribution in [1.29, 1.82) is 0 Å². The fraction of sp³-hybridized carbons (Fsp3) is 0.909. The van der Waals surface area contributed by atoms with Crippen LogP contribution in [0.5, 0.6) is 0 Å². The number of nitrogens with one attached hydrogen (secondary N) is 2. The van der Waals surface area contributed by atoms with E-state index in [0.29, 0.717) is 0 Å². The van der Waals surface area contributed by atoms with Crippen LogP contribution >= 0.6 is 24.8 Å². The molecule has 1 heterocycles. The summed E-state index contributed by atoms with van der Waals surface area (Å²) in [6, 6.07) is 0.787. The molecule has 1 saturated carbocycles. The summed E-state index contributed by atoms with van der Waals surface area (Å²) in [6.45, 7) is 3.61. The predicted octanol–water partition coefficient (Wildman–Crippen LogP) is 0.650. The Hall–Kier alpha value is -0.0300. The summed E-state index contributed by atoms with van der Waals surface area (Å²) in [5, 5.41) is 6.23. The molecule has 1 amide bonds. The van der Waals surface area contributed by atoms with Crippen LogP contribution in [0.4, 0.5) is 0 Å². The number of halogens is 2. The molecular formula is C11H23Cl2N3O. The number of hydrogen-bond donors (Lipinski definition) is 2. The highest BCUT2D eigenvalue weighted by Gasteiger charge is 2.26. The summed E-state index contributed by atoms with van der Waals surface area (Å²) in [7, 11) is 2.14. The molecule has 2 aliphatic rings. The van der Waals surface area contributed by atoms with Crippen molar-refractivity contribution < 1.29 is 4.79 Å². The fourth-order valence-electron chi connectivity index (χ4n) is 2.08. The van der Waals surface area contributed by atoms with Gasteiger partial charge in [-0.1, -0.05) is 0 Å². The van der Waals surface area contributed by atoms with Crippen LogP contribution in [0.15, 0.2) is 0 Å². The second kappa shape index (κ2) is 8.14. The van der Waals surface area contributed by atoms with Gasteiger partial charge in [0.05, 0.1) is 5.92 Å². The van der Waals surface area contributed by atoms with Crippen LogP contribution in [0.25, 0.3) is 0 Å². The van der Waals surface area contributed by atoms with E-state index in [1.54, 1.807) is 0 Å². The maximum absolute atomic E-state index is 11.6. The molecule has 0 bridgehead atoms. The molecule has 2 fully saturated rings. The molecule has 1 aliphatic heterocycles. The van der Waals surface area contributed by atoms with E-state index in [4.69, 9.17) is 0 Å². The highest BCUT2D eigenvalue weighted by Crippen LogP contribution is 2.24. The Morgan fingerprint density at radius 3 is 2.59 bits per heavy atom. The summed E-state index contributed by atoms with van der Waals surface area (Å²) in [5.74, 6) is 0.431. The Bertz CT molecular complexity index is 231. The highest BCUT2D eigenvalue weighted by molar-refractivity contribution is 5.85. The molecule has 102 valence electrons. The predicted molar refractivity (Wildman–Crippen MR) is 74.1 cm³/mol. The lowest BCUT2D eigenvalue weighted by molar-refractivity contribution is -0.124. The van der Waals surface area contributed by atoms with Gasteiger partial charge >= 0.3 is 0 Å². The summed E-state index contributed by atoms with van der Waals surface area (Å²) in [6.07, 6.45) is 3.65. The monoisotopic (exact) mass is 283 g/mol. The third kappa shape index (κ3) is 5.42. The molecule has 1 aliphatic carbocycles. The van der Waals surface area contributed by atoms with E-state index in [9.17, 15) is 4.79 Å². The largest absolute Gasteiger partial charge is 0.355 e. The van der Waals surface area contributed by atoms with Crippen LogP contribution in [-0.4, -0.2) is 50.1 Å². The maximum atomic E-state index is 11.6. The van der Waals surface area contributed by atoms with Crippen molar-refractivity contribution in [2.75, 3.05) is 33.2 Å². The molecule has 2 N–H and O–H groups in total. The number of amides is 1. The van der Waals surface area contributed by atoms with E-state index >= 15 is 0 Å². The molecular weight excluding hydrogens is 261 g/mol. The number of carbonyl (C=O) groups is 1. The minimum Gasteiger partial charge on any atom is -0.355 e. The van der Waals surface area contributed by atoms with E-state index in [-0.39, 0.29) is 36.6 Å². The van der Waals surface area contributed by atoms with Gasteiger partial charge in [-0.15, -0.1) is 24.8 Å². The van der Waals surface area contributed by atoms with Gasteiger partial charge in [0.25, 0.3) is 0 Å². The van der Waals surface area contributed by atoms with Gasteiger partial charge in [0, 0.05) is 25.7 Å². The second-order valence-electron chi connectivity index (χ2n) is 4.69. The molecule has 0 aromatic heterocycles. The van der Waals surface area contributed by atoms with E-state index in [2.05, 4.69) is 22.6 Å². The van der Waals surface area contributed by atoms with Crippen LogP contribution < -0.4 is 10.6 Å². The molecule has 0 aromatic carbocycles. The smallest absolute Gasteiger partial charge is 0.224 e. The Balaban J connectivity index is 0.00000128. The number of carbonyl (C=O) groups excluding carboxylic acids is 1. The van der Waals surface area contributed by atoms with Crippen molar-refractivity contribution in [1.82, 2.24) is 15.5 Å². The van der Waals surface area contributed by atoms with Crippen molar-refractivity contribution in [3.8, 4) is 0 Å². The summed E-state index contributed by atoms with van der Waals surface area (Å²) >= 11 is 0. The van der Waals surface area contributed by atoms with Crippen LogP contribution in [-0.2, 0) is 4.79 Å². The topological polar surface area (TPSA) is 44.4 Å². The van der Waals surface area contributed by atoms with Crippen molar-refractivity contribution in [2.45, 2.75) is 25.3 Å². The number of likely N-dealkylation sites (N-methyl/N-ethyl adjacent to an activating group) is 1. The van der Waals surface area contributed by atoms with Gasteiger partial charge in [-0.25, -0.2) is 0 Å². The first-order valence-corrected chi connectivity index (χ1v) is 5.96. The lowest BCUT2D eigenvalue weighted by atomic mass is 10.1. The minimum atomic E-state index is 0. The van der Waals surface area contributed by atoms with Crippen LogP contribution in [0.2, 0.25) is 0 Å². The van der Waals surface area contributed by atoms with Gasteiger partial charge in [-0.05, 0) is 32.9 Å². The van der Waals surface area contributed by atoms with Crippen molar-refractivity contribution in [3.63, 3.8) is 0 Å². The van der Waals surface area contributed by atoms with E-state index in [1.807, 2.05) is 0 Å². The van der Waals surface area contributed by atoms with Gasteiger partial charge in [-0.3, -0.25) is 4.79 Å². The fourth-order valence-corrected chi connectivity index (χ4v) is 2.08. The third-order valence-corrected chi connectivity index (χ3v) is 3.37. The molecule has 0 spiro atoms. The van der Waals surface area contributed by atoms with E-state index in [0.717, 1.165) is 38.6 Å². The maximum Gasteiger partial charge on any atom is 0.224 e. The van der Waals surface area contributed by atoms with Crippen molar-refractivity contribution in [3.05, 3.63) is 0 Å². The molecule has 6 heteroatoms. The van der Waals surface area contributed by atoms with E-state index in [1.165, 1.54) is 12.8 Å². The molecule has 1 unspecified atom stereocenters. The normalized spacial score (nSPS) is 22.8. The first-order chi connectivity index (χ1) is 7.27. The first kappa shape index (κ1) is 17.0. The summed E-state index contributed by atoms with van der Waals surface area (Å²) in [5.41, 5.74) is 0. The molecule has 4 nitrogen and oxygen atoms in total. The van der Waals surface area contributed by atoms with Crippen molar-refractivity contribution >= 4 is 30.7 Å². The Morgan fingerprint density at radius 1 is 1.35 bits per heavy atom. The van der Waals surface area contributed by atoms with Crippen LogP contribution in [0.1, 0.15) is 19.3 Å². The molecule has 2 rings (SSSR count). The van der Waals surface area contributed by atoms with Gasteiger partial charge in [-0.2, -0.15) is 0 Å². The van der Waals surface area contributed by atoms with Crippen LogP contribution in [0, 0.1) is 5.92 Å². The molecule has 17 heavy (non-hydrogen) atoms. The average molecular weight is 284 g/mol. The number of rotatable bonds is 5. The minimum absolute atomic E-state index is 0. The molecule has 0 radical (unpaired) electrons. The molecule has 1 atom stereocenters. The second-order valence-corrected chi connectivity index (χ2v) is 4.69. The van der Waals surface area contributed by atoms with Crippen LogP contribution in [0.3, 0.4) is 0 Å². The Morgan fingerprint density at radius 2 is 2.06 bits per heavy atom. The highest BCUT2D eigenvalue weighted by atomic mass is 35.5. The van der Waals surface area contributed by atoms with Gasteiger partial charge < -0.3 is 15.5 Å². The number of hydrogen-bond acceptors (Lipinski definition) is 3. The SMILES string of the molecule is CN(CCNC(=O)C1CCNC1)C1CC1.Cl.Cl. The van der Waals surface area contributed by atoms with E-state index < -0.39 is 0 Å². The lowest BCUT2D eigenvalue weighted by Gasteiger charge is -2.16.